The molecule has 27 heavy (non-hydrogen) atoms. The average Bonchev–Trinajstić information content (AvgIpc) is 3.07. The molecule has 0 saturated carbocycles. The van der Waals surface area contributed by atoms with Crippen molar-refractivity contribution >= 4 is 11.5 Å². The Morgan fingerprint density at radius 2 is 2.00 bits per heavy atom. The molecule has 0 fully saturated rings. The predicted octanol–water partition coefficient (Wildman–Crippen LogP) is 4.00. The van der Waals surface area contributed by atoms with Gasteiger partial charge in [0.15, 0.2) is 0 Å². The van der Waals surface area contributed by atoms with Gasteiger partial charge in [-0.1, -0.05) is 13.8 Å². The quantitative estimate of drug-likeness (QED) is 0.359. The molecule has 0 unspecified atom stereocenters. The van der Waals surface area contributed by atoms with Gasteiger partial charge in [-0.25, -0.2) is 9.31 Å². The molecule has 0 spiro atoms. The second kappa shape index (κ2) is 8.31. The molecule has 0 radical (unpaired) electrons. The van der Waals surface area contributed by atoms with Crippen molar-refractivity contribution in [2.24, 2.45) is 0 Å². The Hall–Kier alpha value is -2.73. The molecule has 6 nitrogen and oxygen atoms in total. The van der Waals surface area contributed by atoms with Crippen LogP contribution in [0.5, 0.6) is 0 Å². The first-order chi connectivity index (χ1) is 13.0. The number of aromatic nitrogens is 3. The van der Waals surface area contributed by atoms with Crippen molar-refractivity contribution in [1.82, 2.24) is 14.6 Å². The lowest BCUT2D eigenvalue weighted by Crippen LogP contribution is -2.10. The van der Waals surface area contributed by atoms with Crippen molar-refractivity contribution in [3.05, 3.63) is 53.1 Å². The van der Waals surface area contributed by atoms with E-state index in [-0.39, 0.29) is 19.0 Å². The van der Waals surface area contributed by atoms with E-state index in [4.69, 9.17) is 14.9 Å². The molecule has 0 amide bonds. The highest BCUT2D eigenvalue weighted by Gasteiger charge is 2.17. The molecule has 0 atom stereocenters. The molecular weight excluding hydrogens is 342 g/mol. The van der Waals surface area contributed by atoms with Gasteiger partial charge in [0.25, 0.3) is 0 Å². The van der Waals surface area contributed by atoms with E-state index in [0.29, 0.717) is 6.42 Å². The summed E-state index contributed by atoms with van der Waals surface area (Å²) in [4.78, 5) is 25.5. The first-order valence-corrected chi connectivity index (χ1v) is 9.29. The van der Waals surface area contributed by atoms with Crippen LogP contribution in [-0.2, 0) is 27.4 Å². The highest BCUT2D eigenvalue weighted by molar-refractivity contribution is 5.83. The minimum absolute atomic E-state index is 0.276. The van der Waals surface area contributed by atoms with Crippen LogP contribution >= 0.6 is 0 Å². The topological polar surface area (TPSA) is 65.7 Å². The maximum Gasteiger partial charge on any atom is 0.342 e. The predicted molar refractivity (Wildman–Crippen MR) is 103 cm³/mol. The Morgan fingerprint density at radius 1 is 1.19 bits per heavy atom. The molecule has 0 bridgehead atoms. The zero-order chi connectivity index (χ0) is 19.4. The number of pyridine rings is 1. The normalized spacial score (nSPS) is 11.1. The third-order valence-electron chi connectivity index (χ3n) is 4.58. The fourth-order valence-corrected chi connectivity index (χ4v) is 3.22. The largest absolute Gasteiger partial charge is 0.342 e. The highest BCUT2D eigenvalue weighted by atomic mass is 17.2. The van der Waals surface area contributed by atoms with E-state index in [0.717, 1.165) is 45.6 Å². The van der Waals surface area contributed by atoms with Gasteiger partial charge in [0.05, 0.1) is 17.8 Å². The van der Waals surface area contributed by atoms with Crippen molar-refractivity contribution in [2.75, 3.05) is 6.61 Å². The summed E-state index contributed by atoms with van der Waals surface area (Å²) in [6.07, 6.45) is 5.50. The van der Waals surface area contributed by atoms with Gasteiger partial charge in [0.1, 0.15) is 0 Å². The third-order valence-corrected chi connectivity index (χ3v) is 4.58. The smallest absolute Gasteiger partial charge is 0.298 e. The van der Waals surface area contributed by atoms with Crippen LogP contribution in [0.1, 0.15) is 42.8 Å². The van der Waals surface area contributed by atoms with Crippen molar-refractivity contribution < 1.29 is 14.6 Å². The molecular formula is C21H25N3O3. The van der Waals surface area contributed by atoms with E-state index in [2.05, 4.69) is 30.1 Å². The highest BCUT2D eigenvalue weighted by Crippen LogP contribution is 2.31. The first-order valence-electron chi connectivity index (χ1n) is 9.29. The van der Waals surface area contributed by atoms with Crippen LogP contribution in [0.2, 0.25) is 0 Å². The zero-order valence-electron chi connectivity index (χ0n) is 16.3. The number of aryl methyl sites for hydroxylation is 3. The van der Waals surface area contributed by atoms with Crippen LogP contribution < -0.4 is 0 Å². The number of rotatable bonds is 7. The van der Waals surface area contributed by atoms with Gasteiger partial charge in [-0.05, 0) is 49.6 Å². The summed E-state index contributed by atoms with van der Waals surface area (Å²) in [6, 6.07) is 6.34. The minimum Gasteiger partial charge on any atom is -0.298 e. The fourth-order valence-electron chi connectivity index (χ4n) is 3.22. The van der Waals surface area contributed by atoms with Crippen molar-refractivity contribution in [3.63, 3.8) is 0 Å². The van der Waals surface area contributed by atoms with Crippen LogP contribution in [0.25, 0.3) is 16.6 Å². The Labute approximate surface area is 159 Å². The summed E-state index contributed by atoms with van der Waals surface area (Å²) in [6.45, 7) is 8.16. The van der Waals surface area contributed by atoms with Gasteiger partial charge in [-0.15, -0.1) is 0 Å². The molecule has 0 aliphatic rings. The van der Waals surface area contributed by atoms with Crippen molar-refractivity contribution in [3.8, 4) is 11.1 Å². The number of fused-ring (bicyclic) bond motifs is 1. The fraction of sp³-hybridized carbons (Fsp3) is 0.381. The lowest BCUT2D eigenvalue weighted by molar-refractivity contribution is -0.271. The van der Waals surface area contributed by atoms with E-state index >= 15 is 0 Å². The lowest BCUT2D eigenvalue weighted by Gasteiger charge is -2.15. The van der Waals surface area contributed by atoms with Gasteiger partial charge in [-0.2, -0.15) is 9.99 Å². The third kappa shape index (κ3) is 4.01. The number of hydrogen-bond donors (Lipinski definition) is 0. The SMILES string of the molecule is CCC(=O)OOCCc1c(C)nn2c(CC)ccc2c1-c1cncc(C)c1. The summed E-state index contributed by atoms with van der Waals surface area (Å²) in [5, 5.41) is 4.78. The van der Waals surface area contributed by atoms with Gasteiger partial charge < -0.3 is 0 Å². The van der Waals surface area contributed by atoms with Gasteiger partial charge >= 0.3 is 5.97 Å². The maximum absolute atomic E-state index is 11.3. The summed E-state index contributed by atoms with van der Waals surface area (Å²) in [5.41, 5.74) is 7.45. The van der Waals surface area contributed by atoms with E-state index in [1.807, 2.05) is 30.8 Å². The van der Waals surface area contributed by atoms with Gasteiger partial charge in [0, 0.05) is 42.1 Å². The summed E-state index contributed by atoms with van der Waals surface area (Å²) in [7, 11) is 0. The Balaban J connectivity index is 2.04. The molecule has 142 valence electrons. The molecule has 0 aliphatic heterocycles. The molecule has 3 heterocycles. The molecule has 3 rings (SSSR count). The molecule has 0 saturated heterocycles. The molecule has 0 aromatic carbocycles. The van der Waals surface area contributed by atoms with Crippen molar-refractivity contribution in [2.45, 2.75) is 47.0 Å². The second-order valence-corrected chi connectivity index (χ2v) is 6.55. The average molecular weight is 367 g/mol. The van der Waals surface area contributed by atoms with Crippen LogP contribution in [0, 0.1) is 13.8 Å². The first kappa shape index (κ1) is 19.0. The maximum atomic E-state index is 11.3. The number of carbonyl (C=O) groups excluding carboxylic acids is 1. The molecule has 0 aliphatic carbocycles. The molecule has 6 heteroatoms. The number of hydrogen-bond acceptors (Lipinski definition) is 5. The summed E-state index contributed by atoms with van der Waals surface area (Å²) < 4.78 is 2.01. The minimum atomic E-state index is -0.373. The second-order valence-electron chi connectivity index (χ2n) is 6.55. The van der Waals surface area contributed by atoms with E-state index < -0.39 is 0 Å². The number of nitrogens with zero attached hydrogens (tertiary/aromatic N) is 3. The van der Waals surface area contributed by atoms with E-state index in [1.165, 1.54) is 0 Å². The van der Waals surface area contributed by atoms with E-state index in [1.54, 1.807) is 6.92 Å². The van der Waals surface area contributed by atoms with Gasteiger partial charge in [-0.3, -0.25) is 9.87 Å². The summed E-state index contributed by atoms with van der Waals surface area (Å²) in [5.74, 6) is -0.373. The monoisotopic (exact) mass is 367 g/mol. The van der Waals surface area contributed by atoms with Crippen LogP contribution in [0.4, 0.5) is 0 Å². The van der Waals surface area contributed by atoms with Crippen LogP contribution in [0.15, 0.2) is 30.6 Å². The van der Waals surface area contributed by atoms with Gasteiger partial charge in [0.2, 0.25) is 0 Å². The zero-order valence-corrected chi connectivity index (χ0v) is 16.3. The Kier molecular flexibility index (Phi) is 5.86. The van der Waals surface area contributed by atoms with Crippen LogP contribution in [-0.4, -0.2) is 27.2 Å². The van der Waals surface area contributed by atoms with Crippen LogP contribution in [0.3, 0.4) is 0 Å². The lowest BCUT2D eigenvalue weighted by atomic mass is 9.97. The van der Waals surface area contributed by atoms with E-state index in [9.17, 15) is 4.79 Å². The Bertz CT molecular complexity index is 963. The standard InChI is InChI=1S/C21H25N3O3/c1-5-17-7-8-19-21(16-11-14(3)12-22-13-16)18(15(4)23-24(17)19)9-10-26-27-20(25)6-2/h7-8,11-13H,5-6,9-10H2,1-4H3. The van der Waals surface area contributed by atoms with Crippen molar-refractivity contribution in [1.29, 1.82) is 0 Å². The Morgan fingerprint density at radius 3 is 2.70 bits per heavy atom. The molecule has 0 N–H and O–H groups in total. The summed E-state index contributed by atoms with van der Waals surface area (Å²) >= 11 is 0. The molecule has 3 aromatic heterocycles. The number of carbonyl (C=O) groups is 1. The molecule has 3 aromatic rings.